The zero-order chi connectivity index (χ0) is 20.2. The Kier molecular flexibility index (Phi) is 4.15. The van der Waals surface area contributed by atoms with Crippen LogP contribution in [-0.2, 0) is 0 Å². The lowest BCUT2D eigenvalue weighted by Gasteiger charge is -2.43. The van der Waals surface area contributed by atoms with E-state index in [0.29, 0.717) is 11.1 Å². The van der Waals surface area contributed by atoms with E-state index in [0.717, 1.165) is 23.2 Å². The van der Waals surface area contributed by atoms with Gasteiger partial charge in [-0.15, -0.1) is 0 Å². The zero-order valence-corrected chi connectivity index (χ0v) is 17.1. The van der Waals surface area contributed by atoms with Gasteiger partial charge in [0.15, 0.2) is 11.6 Å². The first-order chi connectivity index (χ1) is 13.2. The molecule has 3 nitrogen and oxygen atoms in total. The Morgan fingerprint density at radius 1 is 0.964 bits per heavy atom. The molecule has 0 radical (unpaired) electrons. The van der Waals surface area contributed by atoms with E-state index in [1.807, 2.05) is 6.92 Å². The molecule has 28 heavy (non-hydrogen) atoms. The minimum absolute atomic E-state index is 0.0444. The largest absolute Gasteiger partial charge is 0.363 e. The van der Waals surface area contributed by atoms with E-state index in [2.05, 4.69) is 50.8 Å². The van der Waals surface area contributed by atoms with Gasteiger partial charge >= 0.3 is 0 Å². The third kappa shape index (κ3) is 2.65. The van der Waals surface area contributed by atoms with Crippen LogP contribution in [0.4, 0.5) is 5.69 Å². The number of carbonyl (C=O) groups excluding carboxylic acids is 2. The summed E-state index contributed by atoms with van der Waals surface area (Å²) < 4.78 is 0. The average molecular weight is 371 g/mol. The number of benzene rings is 2. The molecule has 0 amide bonds. The van der Waals surface area contributed by atoms with Crippen LogP contribution in [0.2, 0.25) is 0 Å². The summed E-state index contributed by atoms with van der Waals surface area (Å²) in [5.74, 6) is -0.359. The number of hydrogen-bond acceptors (Lipinski definition) is 3. The van der Waals surface area contributed by atoms with E-state index in [1.165, 1.54) is 11.3 Å². The molecule has 2 aromatic carbocycles. The van der Waals surface area contributed by atoms with E-state index >= 15 is 0 Å². The first kappa shape index (κ1) is 18.4. The van der Waals surface area contributed by atoms with Gasteiger partial charge in [-0.05, 0) is 69.5 Å². The molecule has 2 aliphatic rings. The molecule has 0 N–H and O–H groups in total. The van der Waals surface area contributed by atoms with E-state index in [9.17, 15) is 9.59 Å². The number of rotatable bonds is 2. The number of fused-ring (bicyclic) bond motifs is 2. The Morgan fingerprint density at radius 2 is 1.57 bits per heavy atom. The Labute approximate surface area is 166 Å². The molecule has 0 aromatic heterocycles. The Balaban J connectivity index is 1.84. The number of nitrogens with zero attached hydrogens (tertiary/aromatic N) is 1. The lowest BCUT2D eigenvalue weighted by Crippen LogP contribution is -2.44. The Morgan fingerprint density at radius 3 is 2.14 bits per heavy atom. The highest BCUT2D eigenvalue weighted by Gasteiger charge is 2.33. The third-order valence-corrected chi connectivity index (χ3v) is 5.89. The van der Waals surface area contributed by atoms with Crippen molar-refractivity contribution in [2.75, 3.05) is 11.4 Å². The molecular formula is C25H25NO2. The highest BCUT2D eigenvalue weighted by atomic mass is 16.2. The van der Waals surface area contributed by atoms with E-state index in [-0.39, 0.29) is 22.7 Å². The fourth-order valence-corrected chi connectivity index (χ4v) is 4.54. The normalized spacial score (nSPS) is 17.4. The molecule has 0 spiro atoms. The molecule has 0 saturated heterocycles. The van der Waals surface area contributed by atoms with Crippen molar-refractivity contribution in [3.8, 4) is 0 Å². The molecule has 142 valence electrons. The summed E-state index contributed by atoms with van der Waals surface area (Å²) in [6, 6.07) is 11.3. The van der Waals surface area contributed by atoms with Gasteiger partial charge in [0, 0.05) is 28.9 Å². The number of Topliss-reactive ketones (excluding diaryl/α,β-unsaturated/α-hetero) is 2. The summed E-state index contributed by atoms with van der Waals surface area (Å²) in [5.41, 5.74) is 6.80. The van der Waals surface area contributed by atoms with Gasteiger partial charge in [-0.1, -0.05) is 30.3 Å². The van der Waals surface area contributed by atoms with Crippen molar-refractivity contribution in [3.05, 3.63) is 75.9 Å². The third-order valence-electron chi connectivity index (χ3n) is 5.89. The molecule has 0 bridgehead atoms. The molecule has 4 rings (SSSR count). The van der Waals surface area contributed by atoms with Gasteiger partial charge in [-0.3, -0.25) is 9.59 Å². The van der Waals surface area contributed by atoms with E-state index < -0.39 is 0 Å². The Hall–Kier alpha value is -2.94. The molecule has 0 saturated carbocycles. The van der Waals surface area contributed by atoms with Crippen LogP contribution in [0.3, 0.4) is 0 Å². The summed E-state index contributed by atoms with van der Waals surface area (Å²) in [6.45, 7) is 11.7. The highest BCUT2D eigenvalue weighted by molar-refractivity contribution is 6.41. The number of allylic oxidation sites excluding steroid dienone is 2. The van der Waals surface area contributed by atoms with Crippen molar-refractivity contribution < 1.29 is 9.59 Å². The number of likely N-dealkylation sites (N-methyl/N-ethyl adjacent to an activating group) is 1. The van der Waals surface area contributed by atoms with Crippen LogP contribution in [0, 0.1) is 6.92 Å². The monoisotopic (exact) mass is 371 g/mol. The van der Waals surface area contributed by atoms with Gasteiger partial charge in [-0.25, -0.2) is 0 Å². The van der Waals surface area contributed by atoms with Gasteiger partial charge in [0.2, 0.25) is 0 Å². The lowest BCUT2D eigenvalue weighted by atomic mass is 9.86. The summed E-state index contributed by atoms with van der Waals surface area (Å²) in [5, 5.41) is 0. The van der Waals surface area contributed by atoms with Crippen LogP contribution in [0.1, 0.15) is 65.1 Å². The second kappa shape index (κ2) is 6.30. The second-order valence-electron chi connectivity index (χ2n) is 8.21. The van der Waals surface area contributed by atoms with Crippen LogP contribution < -0.4 is 4.90 Å². The highest BCUT2D eigenvalue weighted by Crippen LogP contribution is 2.40. The molecule has 2 aromatic rings. The first-order valence-electron chi connectivity index (χ1n) is 9.77. The number of carbonyl (C=O) groups is 2. The summed E-state index contributed by atoms with van der Waals surface area (Å²) in [4.78, 5) is 27.9. The lowest BCUT2D eigenvalue weighted by molar-refractivity contribution is 0.0990. The maximum absolute atomic E-state index is 12.8. The molecule has 1 aliphatic carbocycles. The van der Waals surface area contributed by atoms with Crippen LogP contribution in [0.15, 0.2) is 48.0 Å². The van der Waals surface area contributed by atoms with Crippen LogP contribution in [0.25, 0.3) is 11.6 Å². The smallest absolute Gasteiger partial charge is 0.197 e. The van der Waals surface area contributed by atoms with Crippen molar-refractivity contribution in [2.45, 2.75) is 40.2 Å². The minimum atomic E-state index is -0.179. The molecule has 1 aliphatic heterocycles. The molecular weight excluding hydrogens is 346 g/mol. The van der Waals surface area contributed by atoms with Gasteiger partial charge in [-0.2, -0.15) is 0 Å². The van der Waals surface area contributed by atoms with Crippen molar-refractivity contribution >= 4 is 28.9 Å². The summed E-state index contributed by atoms with van der Waals surface area (Å²) in [7, 11) is 0. The van der Waals surface area contributed by atoms with Crippen molar-refractivity contribution in [2.24, 2.45) is 0 Å². The van der Waals surface area contributed by atoms with Gasteiger partial charge in [0.1, 0.15) is 0 Å². The van der Waals surface area contributed by atoms with E-state index in [4.69, 9.17) is 0 Å². The maximum Gasteiger partial charge on any atom is 0.197 e. The van der Waals surface area contributed by atoms with Gasteiger partial charge in [0.05, 0.1) is 11.1 Å². The van der Waals surface area contributed by atoms with E-state index in [1.54, 1.807) is 30.3 Å². The number of ketones is 2. The zero-order valence-electron chi connectivity index (χ0n) is 17.1. The topological polar surface area (TPSA) is 37.4 Å². The van der Waals surface area contributed by atoms with Gasteiger partial charge in [0.25, 0.3) is 0 Å². The molecule has 0 unspecified atom stereocenters. The second-order valence-corrected chi connectivity index (χ2v) is 8.21. The predicted octanol–water partition coefficient (Wildman–Crippen LogP) is 5.48. The van der Waals surface area contributed by atoms with Gasteiger partial charge < -0.3 is 4.90 Å². The fourth-order valence-electron chi connectivity index (χ4n) is 4.54. The van der Waals surface area contributed by atoms with Crippen molar-refractivity contribution in [1.82, 2.24) is 0 Å². The molecule has 1 heterocycles. The molecule has 0 fully saturated rings. The quantitative estimate of drug-likeness (QED) is 0.518. The SMILES string of the molecule is CCN1c2cc(C)c(C=C3C(=O)c4ccccc4C3=O)cc2C(C)=CC1(C)C. The fraction of sp³-hybridized carbons (Fsp3) is 0.280. The number of anilines is 1. The standard InChI is InChI=1S/C25H25NO2/c1-6-26-22-11-15(2)17(12-20(22)16(3)14-25(26,4)5)13-21-23(27)18-9-7-8-10-19(18)24(21)28/h7-14H,6H2,1-5H3. The van der Waals surface area contributed by atoms with Crippen LogP contribution in [-0.4, -0.2) is 23.7 Å². The Bertz CT molecular complexity index is 1050. The summed E-state index contributed by atoms with van der Waals surface area (Å²) in [6.07, 6.45) is 4.05. The first-order valence-corrected chi connectivity index (χ1v) is 9.77. The molecule has 3 heteroatoms. The number of aryl methyl sites for hydroxylation is 1. The van der Waals surface area contributed by atoms with Crippen molar-refractivity contribution in [3.63, 3.8) is 0 Å². The predicted molar refractivity (Wildman–Crippen MR) is 115 cm³/mol. The summed E-state index contributed by atoms with van der Waals surface area (Å²) >= 11 is 0. The average Bonchev–Trinajstić information content (AvgIpc) is 2.88. The van der Waals surface area contributed by atoms with Crippen LogP contribution in [0.5, 0.6) is 0 Å². The number of hydrogen-bond donors (Lipinski definition) is 0. The minimum Gasteiger partial charge on any atom is -0.363 e. The van der Waals surface area contributed by atoms with Crippen molar-refractivity contribution in [1.29, 1.82) is 0 Å². The maximum atomic E-state index is 12.8. The van der Waals surface area contributed by atoms with Crippen LogP contribution >= 0.6 is 0 Å². The molecule has 0 atom stereocenters.